The van der Waals surface area contributed by atoms with Crippen LogP contribution in [0.15, 0.2) is 59.8 Å². The highest BCUT2D eigenvalue weighted by Crippen LogP contribution is 2.34. The summed E-state index contributed by atoms with van der Waals surface area (Å²) < 4.78 is 27.9. The third-order valence-electron chi connectivity index (χ3n) is 6.78. The van der Waals surface area contributed by atoms with Gasteiger partial charge in [-0.25, -0.2) is 9.78 Å². The number of nitrogens with one attached hydrogen (secondary N) is 2. The number of aromatic nitrogens is 8. The van der Waals surface area contributed by atoms with Crippen molar-refractivity contribution >= 4 is 23.4 Å². The van der Waals surface area contributed by atoms with Crippen molar-refractivity contribution in [2.45, 2.75) is 18.9 Å². The number of halogens is 2. The van der Waals surface area contributed by atoms with Gasteiger partial charge in [-0.1, -0.05) is 11.6 Å². The molecule has 5 heterocycles. The average Bonchev–Trinajstić information content (AvgIpc) is 3.74. The molecule has 42 heavy (non-hydrogen) atoms. The zero-order valence-electron chi connectivity index (χ0n) is 22.1. The molecule has 214 valence electrons. The Morgan fingerprint density at radius 1 is 1.21 bits per heavy atom. The number of pyridine rings is 2. The molecule has 6 rings (SSSR count). The molecule has 0 spiro atoms. The van der Waals surface area contributed by atoms with Gasteiger partial charge in [0.25, 0.3) is 5.56 Å². The van der Waals surface area contributed by atoms with E-state index < -0.39 is 18.1 Å². The van der Waals surface area contributed by atoms with Gasteiger partial charge in [-0.15, -0.1) is 5.10 Å². The van der Waals surface area contributed by atoms with Gasteiger partial charge >= 0.3 is 6.09 Å². The first-order valence-electron chi connectivity index (χ1n) is 12.8. The van der Waals surface area contributed by atoms with Crippen molar-refractivity contribution < 1.29 is 18.7 Å². The maximum Gasteiger partial charge on any atom is 0.411 e. The van der Waals surface area contributed by atoms with Crippen molar-refractivity contribution in [1.82, 2.24) is 39.7 Å². The van der Waals surface area contributed by atoms with Crippen LogP contribution in [0.1, 0.15) is 24.0 Å². The smallest absolute Gasteiger partial charge is 0.411 e. The van der Waals surface area contributed by atoms with E-state index in [9.17, 15) is 9.59 Å². The molecule has 13 nitrogen and oxygen atoms in total. The van der Waals surface area contributed by atoms with Gasteiger partial charge in [-0.2, -0.15) is 9.07 Å². The van der Waals surface area contributed by atoms with E-state index in [2.05, 4.69) is 35.8 Å². The number of H-pyrrole nitrogens is 1. The number of carbonyl (C=O) groups is 1. The van der Waals surface area contributed by atoms with Crippen molar-refractivity contribution in [3.8, 4) is 28.2 Å². The number of tetrazole rings is 1. The van der Waals surface area contributed by atoms with E-state index in [1.807, 2.05) is 6.07 Å². The molecular formula is C27H23ClFN9O4. The number of benzene rings is 1. The zero-order valence-corrected chi connectivity index (χ0v) is 22.9. The van der Waals surface area contributed by atoms with Crippen LogP contribution in [0.4, 0.5) is 14.9 Å². The van der Waals surface area contributed by atoms with E-state index in [1.54, 1.807) is 34.9 Å². The van der Waals surface area contributed by atoms with Crippen LogP contribution in [0, 0.1) is 5.95 Å². The first kappa shape index (κ1) is 27.2. The maximum absolute atomic E-state index is 15.0. The molecule has 4 aromatic heterocycles. The molecule has 0 unspecified atom stereocenters. The van der Waals surface area contributed by atoms with E-state index in [-0.39, 0.29) is 30.2 Å². The molecule has 1 amide bonds. The number of amides is 1. The lowest BCUT2D eigenvalue weighted by Crippen LogP contribution is -2.24. The molecule has 0 bridgehead atoms. The van der Waals surface area contributed by atoms with E-state index in [0.29, 0.717) is 46.2 Å². The molecule has 0 saturated heterocycles. The Labute approximate surface area is 242 Å². The van der Waals surface area contributed by atoms with Gasteiger partial charge in [0, 0.05) is 29.5 Å². The average molecular weight is 592 g/mol. The predicted molar refractivity (Wildman–Crippen MR) is 149 cm³/mol. The molecule has 0 aliphatic carbocycles. The van der Waals surface area contributed by atoms with Crippen LogP contribution in [0.3, 0.4) is 0 Å². The normalized spacial score (nSPS) is 14.1. The number of hydrogen-bond acceptors (Lipinski definition) is 9. The summed E-state index contributed by atoms with van der Waals surface area (Å²) in [4.78, 5) is 36.6. The van der Waals surface area contributed by atoms with Crippen molar-refractivity contribution in [1.29, 1.82) is 0 Å². The topological polar surface area (TPSA) is 155 Å². The fourth-order valence-electron chi connectivity index (χ4n) is 4.90. The molecule has 0 saturated carbocycles. The first-order valence-corrected chi connectivity index (χ1v) is 13.2. The van der Waals surface area contributed by atoms with Crippen LogP contribution in [-0.2, 0) is 15.9 Å². The van der Waals surface area contributed by atoms with Crippen LogP contribution in [0.25, 0.3) is 28.2 Å². The Bertz CT molecular complexity index is 1810. The number of fused-ring (bicyclic) bond motifs is 1. The Morgan fingerprint density at radius 2 is 2.10 bits per heavy atom. The van der Waals surface area contributed by atoms with Crippen LogP contribution in [-0.4, -0.2) is 66.1 Å². The van der Waals surface area contributed by atoms with Crippen LogP contribution < -0.4 is 10.9 Å². The van der Waals surface area contributed by atoms with E-state index in [1.165, 1.54) is 30.4 Å². The predicted octanol–water partition coefficient (Wildman–Crippen LogP) is 3.80. The minimum absolute atomic E-state index is 0.0716. The number of aromatic amines is 1. The number of anilines is 1. The van der Waals surface area contributed by atoms with Crippen LogP contribution in [0.5, 0.6) is 0 Å². The lowest BCUT2D eigenvalue weighted by Gasteiger charge is -2.15. The zero-order chi connectivity index (χ0) is 29.2. The highest BCUT2D eigenvalue weighted by molar-refractivity contribution is 6.31. The fourth-order valence-corrected chi connectivity index (χ4v) is 5.08. The quantitative estimate of drug-likeness (QED) is 0.256. The Morgan fingerprint density at radius 3 is 2.86 bits per heavy atom. The molecule has 1 aromatic carbocycles. The van der Waals surface area contributed by atoms with Gasteiger partial charge in [0.05, 0.1) is 35.9 Å². The van der Waals surface area contributed by atoms with Crippen molar-refractivity contribution in [2.24, 2.45) is 0 Å². The Balaban J connectivity index is 1.25. The van der Waals surface area contributed by atoms with Crippen molar-refractivity contribution in [3.05, 3.63) is 87.8 Å². The summed E-state index contributed by atoms with van der Waals surface area (Å²) in [5, 5.41) is 14.4. The number of hydrogen-bond donors (Lipinski definition) is 2. The minimum atomic E-state index is -0.750. The fraction of sp³-hybridized carbons (Fsp3) is 0.222. The molecular weight excluding hydrogens is 569 g/mol. The molecule has 5 aromatic rings. The summed E-state index contributed by atoms with van der Waals surface area (Å²) in [5.41, 5.74) is 3.24. The van der Waals surface area contributed by atoms with E-state index in [4.69, 9.17) is 21.1 Å². The number of methoxy groups -OCH3 is 1. The van der Waals surface area contributed by atoms with Gasteiger partial charge in [-0.05, 0) is 65.2 Å². The second-order valence-corrected chi connectivity index (χ2v) is 9.82. The van der Waals surface area contributed by atoms with Crippen LogP contribution >= 0.6 is 11.6 Å². The molecule has 1 atom stereocenters. The third-order valence-corrected chi connectivity index (χ3v) is 7.01. The molecule has 15 heteroatoms. The SMILES string of the molecule is COCCOC(=O)Nc1ccc(-c2[nH]c([C@@H]3CCc4cc(-c5cc(Cl)ccc5-n5cnnn5)cc(=O)n43)nc2F)nc1. The first-order chi connectivity index (χ1) is 20.4. The maximum atomic E-state index is 15.0. The third kappa shape index (κ3) is 5.36. The lowest BCUT2D eigenvalue weighted by molar-refractivity contribution is 0.107. The highest BCUT2D eigenvalue weighted by atomic mass is 35.5. The number of carbonyl (C=O) groups excluding carboxylic acids is 1. The summed E-state index contributed by atoms with van der Waals surface area (Å²) in [5.74, 6) is -0.445. The van der Waals surface area contributed by atoms with Crippen molar-refractivity contribution in [3.63, 3.8) is 0 Å². The Hall–Kier alpha value is -4.95. The molecule has 0 radical (unpaired) electrons. The molecule has 1 aliphatic heterocycles. The monoisotopic (exact) mass is 591 g/mol. The van der Waals surface area contributed by atoms with Gasteiger partial charge < -0.3 is 19.0 Å². The molecule has 0 fully saturated rings. The van der Waals surface area contributed by atoms with Gasteiger partial charge in [0.1, 0.15) is 24.5 Å². The van der Waals surface area contributed by atoms with Gasteiger partial charge in [-0.3, -0.25) is 15.1 Å². The highest BCUT2D eigenvalue weighted by Gasteiger charge is 2.29. The summed E-state index contributed by atoms with van der Waals surface area (Å²) >= 11 is 6.28. The van der Waals surface area contributed by atoms with Gasteiger partial charge in [0.15, 0.2) is 0 Å². The number of imidazole rings is 1. The standard InChI is InChI=1S/C27H23ClFN9O4/c1-41-8-9-42-27(40)32-17-3-5-20(30-13-17)24-25(29)34-26(33-24)22-7-4-18-10-15(11-23(39)38(18)22)19-12-16(28)2-6-21(19)37-14-31-35-36-37/h2-3,5-6,10-14,22H,4,7-9H2,1H3,(H,32,40)(H,33,34)/t22-/m0/s1. The second kappa shape index (κ2) is 11.5. The Kier molecular flexibility index (Phi) is 7.46. The number of rotatable bonds is 8. The summed E-state index contributed by atoms with van der Waals surface area (Å²) in [6, 6.07) is 11.3. The summed E-state index contributed by atoms with van der Waals surface area (Å²) in [6.45, 7) is 0.378. The van der Waals surface area contributed by atoms with Gasteiger partial charge in [0.2, 0.25) is 5.95 Å². The lowest BCUT2D eigenvalue weighted by atomic mass is 10.0. The van der Waals surface area contributed by atoms with E-state index in [0.717, 1.165) is 5.69 Å². The van der Waals surface area contributed by atoms with E-state index >= 15 is 4.39 Å². The minimum Gasteiger partial charge on any atom is -0.447 e. The number of aryl methyl sites for hydroxylation is 1. The number of ether oxygens (including phenoxy) is 2. The second-order valence-electron chi connectivity index (χ2n) is 9.39. The van der Waals surface area contributed by atoms with Crippen LogP contribution in [0.2, 0.25) is 5.02 Å². The molecule has 2 N–H and O–H groups in total. The summed E-state index contributed by atoms with van der Waals surface area (Å²) in [7, 11) is 1.50. The molecule has 1 aliphatic rings. The largest absolute Gasteiger partial charge is 0.447 e. The van der Waals surface area contributed by atoms with Crippen molar-refractivity contribution in [2.75, 3.05) is 25.6 Å². The number of nitrogens with zero attached hydrogens (tertiary/aromatic N) is 7. The summed E-state index contributed by atoms with van der Waals surface area (Å²) in [6.07, 6.45) is 3.30.